The van der Waals surface area contributed by atoms with E-state index in [2.05, 4.69) is 25.0 Å². The normalized spacial score (nSPS) is 15.9. The second-order valence-electron chi connectivity index (χ2n) is 3.60. The lowest BCUT2D eigenvalue weighted by Gasteiger charge is -2.26. The zero-order chi connectivity index (χ0) is 11.7. The molecule has 0 amide bonds. The predicted molar refractivity (Wildman–Crippen MR) is 58.9 cm³/mol. The number of aliphatic carboxylic acids is 1. The number of carboxylic acid groups (broad SMARTS) is 1. The SMILES string of the molecule is CC(=O)[O-].CCC[N+]1(CCC)C=CN=C1. The summed E-state index contributed by atoms with van der Waals surface area (Å²) in [5.74, 6) is -1.08. The molecule has 0 aromatic heterocycles. The molecule has 0 unspecified atom stereocenters. The van der Waals surface area contributed by atoms with Gasteiger partial charge in [-0.3, -0.25) is 4.48 Å². The van der Waals surface area contributed by atoms with Gasteiger partial charge in [0.15, 0.2) is 6.34 Å². The van der Waals surface area contributed by atoms with E-state index in [1.807, 2.05) is 12.5 Å². The maximum absolute atomic E-state index is 8.89. The van der Waals surface area contributed by atoms with Crippen molar-refractivity contribution in [1.29, 1.82) is 0 Å². The minimum atomic E-state index is -1.08. The Morgan fingerprint density at radius 2 is 1.80 bits per heavy atom. The number of aliphatic imine (C=N–C) groups is 1. The number of hydrogen-bond acceptors (Lipinski definition) is 3. The fourth-order valence-electron chi connectivity index (χ4n) is 1.59. The minimum Gasteiger partial charge on any atom is -0.550 e. The van der Waals surface area contributed by atoms with Crippen LogP contribution in [-0.4, -0.2) is 29.9 Å². The van der Waals surface area contributed by atoms with E-state index >= 15 is 0 Å². The second kappa shape index (κ2) is 7.17. The van der Waals surface area contributed by atoms with E-state index in [0.29, 0.717) is 0 Å². The van der Waals surface area contributed by atoms with Crippen LogP contribution in [0.4, 0.5) is 0 Å². The third-order valence-corrected chi connectivity index (χ3v) is 2.03. The van der Waals surface area contributed by atoms with Crippen LogP contribution in [0.1, 0.15) is 33.6 Å². The quantitative estimate of drug-likeness (QED) is 0.650. The van der Waals surface area contributed by atoms with Gasteiger partial charge in [0.05, 0.1) is 19.3 Å². The molecule has 1 aliphatic heterocycles. The Kier molecular flexibility index (Phi) is 6.62. The highest BCUT2D eigenvalue weighted by Crippen LogP contribution is 2.12. The molecule has 4 heteroatoms. The molecule has 86 valence electrons. The van der Waals surface area contributed by atoms with Crippen molar-refractivity contribution in [1.82, 2.24) is 0 Å². The number of hydrogen-bond donors (Lipinski definition) is 0. The molecule has 0 fully saturated rings. The first-order valence-electron chi connectivity index (χ1n) is 5.32. The van der Waals surface area contributed by atoms with Gasteiger partial charge in [-0.15, -0.1) is 0 Å². The number of carbonyl (C=O) groups is 1. The van der Waals surface area contributed by atoms with Crippen molar-refractivity contribution in [2.24, 2.45) is 4.99 Å². The number of carboxylic acids is 1. The fraction of sp³-hybridized carbons (Fsp3) is 0.636. The highest BCUT2D eigenvalue weighted by molar-refractivity contribution is 5.60. The lowest BCUT2D eigenvalue weighted by Crippen LogP contribution is -2.40. The molecule has 0 aromatic rings. The Hall–Kier alpha value is -1.16. The van der Waals surface area contributed by atoms with E-state index in [1.165, 1.54) is 25.9 Å². The molecular weight excluding hydrogens is 192 g/mol. The standard InChI is InChI=1S/C9H17N2.C2H4O2/c1-3-6-11(7-4-2)8-5-10-9-11;1-2(3)4/h5,8-9H,3-4,6-7H2,1-2H3;1H3,(H,3,4)/q+1;/p-1. The van der Waals surface area contributed by atoms with Crippen LogP contribution in [0.25, 0.3) is 0 Å². The zero-order valence-corrected chi connectivity index (χ0v) is 9.77. The van der Waals surface area contributed by atoms with Crippen LogP contribution >= 0.6 is 0 Å². The molecule has 0 atom stereocenters. The smallest absolute Gasteiger partial charge is 0.194 e. The molecule has 0 N–H and O–H groups in total. The largest absolute Gasteiger partial charge is 0.550 e. The maximum Gasteiger partial charge on any atom is 0.194 e. The Morgan fingerprint density at radius 1 is 1.33 bits per heavy atom. The fourth-order valence-corrected chi connectivity index (χ4v) is 1.59. The number of quaternary nitrogens is 1. The van der Waals surface area contributed by atoms with Gasteiger partial charge in [0, 0.05) is 5.97 Å². The molecule has 15 heavy (non-hydrogen) atoms. The summed E-state index contributed by atoms with van der Waals surface area (Å²) < 4.78 is 0.965. The van der Waals surface area contributed by atoms with Crippen LogP contribution in [-0.2, 0) is 4.79 Å². The summed E-state index contributed by atoms with van der Waals surface area (Å²) in [5.41, 5.74) is 0. The summed E-state index contributed by atoms with van der Waals surface area (Å²) in [5, 5.41) is 8.89. The van der Waals surface area contributed by atoms with Gasteiger partial charge in [0.25, 0.3) is 0 Å². The van der Waals surface area contributed by atoms with Crippen LogP contribution in [0, 0.1) is 0 Å². The van der Waals surface area contributed by atoms with Crippen LogP contribution in [0.3, 0.4) is 0 Å². The number of carbonyl (C=O) groups excluding carboxylic acids is 1. The molecule has 0 radical (unpaired) electrons. The summed E-state index contributed by atoms with van der Waals surface area (Å²) in [6, 6.07) is 0. The predicted octanol–water partition coefficient (Wildman–Crippen LogP) is 0.892. The van der Waals surface area contributed by atoms with Crippen molar-refractivity contribution in [3.63, 3.8) is 0 Å². The summed E-state index contributed by atoms with van der Waals surface area (Å²) in [4.78, 5) is 13.0. The van der Waals surface area contributed by atoms with Crippen molar-refractivity contribution >= 4 is 12.3 Å². The van der Waals surface area contributed by atoms with Gasteiger partial charge >= 0.3 is 0 Å². The van der Waals surface area contributed by atoms with Gasteiger partial charge in [-0.25, -0.2) is 4.99 Å². The third-order valence-electron chi connectivity index (χ3n) is 2.03. The first kappa shape index (κ1) is 13.8. The summed E-state index contributed by atoms with van der Waals surface area (Å²) in [6.07, 6.45) is 8.58. The van der Waals surface area contributed by atoms with E-state index in [1.54, 1.807) is 0 Å². The Labute approximate surface area is 91.5 Å². The summed E-state index contributed by atoms with van der Waals surface area (Å²) in [6.45, 7) is 7.78. The van der Waals surface area contributed by atoms with Gasteiger partial charge in [-0.2, -0.15) is 0 Å². The molecule has 0 spiro atoms. The molecule has 0 saturated heterocycles. The first-order chi connectivity index (χ1) is 7.06. The van der Waals surface area contributed by atoms with Gasteiger partial charge < -0.3 is 9.90 Å². The first-order valence-corrected chi connectivity index (χ1v) is 5.32. The average molecular weight is 212 g/mol. The second-order valence-corrected chi connectivity index (χ2v) is 3.60. The van der Waals surface area contributed by atoms with E-state index in [4.69, 9.17) is 9.90 Å². The molecule has 4 nitrogen and oxygen atoms in total. The highest BCUT2D eigenvalue weighted by atomic mass is 16.4. The Morgan fingerprint density at radius 3 is 2.07 bits per heavy atom. The molecular formula is C11H20N2O2. The van der Waals surface area contributed by atoms with Crippen LogP contribution in [0.2, 0.25) is 0 Å². The van der Waals surface area contributed by atoms with Crippen molar-refractivity contribution in [3.8, 4) is 0 Å². The monoisotopic (exact) mass is 212 g/mol. The Bertz CT molecular complexity index is 223. The van der Waals surface area contributed by atoms with Crippen LogP contribution in [0.5, 0.6) is 0 Å². The lowest BCUT2D eigenvalue weighted by molar-refractivity contribution is -0.779. The molecule has 0 bridgehead atoms. The molecule has 1 heterocycles. The molecule has 1 rings (SSSR count). The van der Waals surface area contributed by atoms with Crippen LogP contribution < -0.4 is 5.11 Å². The summed E-state index contributed by atoms with van der Waals surface area (Å²) in [7, 11) is 0. The van der Waals surface area contributed by atoms with Gasteiger partial charge in [0.2, 0.25) is 0 Å². The minimum absolute atomic E-state index is 0.965. The van der Waals surface area contributed by atoms with Crippen molar-refractivity contribution in [2.45, 2.75) is 33.6 Å². The van der Waals surface area contributed by atoms with Gasteiger partial charge in [0.1, 0.15) is 6.20 Å². The molecule has 0 aliphatic carbocycles. The maximum atomic E-state index is 8.89. The zero-order valence-electron chi connectivity index (χ0n) is 9.77. The van der Waals surface area contributed by atoms with E-state index in [-0.39, 0.29) is 0 Å². The Balaban J connectivity index is 0.000000423. The third kappa shape index (κ3) is 6.01. The molecule has 0 aromatic carbocycles. The summed E-state index contributed by atoms with van der Waals surface area (Å²) >= 11 is 0. The molecule has 0 saturated carbocycles. The molecule has 1 aliphatic rings. The van der Waals surface area contributed by atoms with Gasteiger partial charge in [-0.1, -0.05) is 13.8 Å². The van der Waals surface area contributed by atoms with E-state index in [0.717, 1.165) is 11.4 Å². The van der Waals surface area contributed by atoms with Crippen molar-refractivity contribution in [3.05, 3.63) is 12.4 Å². The van der Waals surface area contributed by atoms with Gasteiger partial charge in [-0.05, 0) is 19.8 Å². The van der Waals surface area contributed by atoms with E-state index in [9.17, 15) is 0 Å². The van der Waals surface area contributed by atoms with E-state index < -0.39 is 5.97 Å². The number of nitrogens with zero attached hydrogens (tertiary/aromatic N) is 2. The lowest BCUT2D eigenvalue weighted by atomic mass is 10.3. The van der Waals surface area contributed by atoms with Crippen molar-refractivity contribution < 1.29 is 14.4 Å². The topological polar surface area (TPSA) is 52.5 Å². The number of rotatable bonds is 4. The van der Waals surface area contributed by atoms with Crippen LogP contribution in [0.15, 0.2) is 17.4 Å². The van der Waals surface area contributed by atoms with Crippen molar-refractivity contribution in [2.75, 3.05) is 13.1 Å². The average Bonchev–Trinajstić information content (AvgIpc) is 2.53. The highest BCUT2D eigenvalue weighted by Gasteiger charge is 2.22.